The molecule has 6 aromatic rings. The molecule has 0 aliphatic carbocycles. The fourth-order valence-electron chi connectivity index (χ4n) is 6.94. The number of hydrogen-bond acceptors (Lipinski definition) is 4. The second-order valence-electron chi connectivity index (χ2n) is 12.5. The first-order valence-electron chi connectivity index (χ1n) is 16.9. The van der Waals surface area contributed by atoms with Gasteiger partial charge in [0.25, 0.3) is 0 Å². The van der Waals surface area contributed by atoms with Crippen LogP contribution < -0.4 is 20.5 Å². The minimum atomic E-state index is -0.385. The summed E-state index contributed by atoms with van der Waals surface area (Å²) in [6.07, 6.45) is 0. The van der Waals surface area contributed by atoms with Gasteiger partial charge in [0.1, 0.15) is 11.5 Å². The zero-order chi connectivity index (χ0) is 33.4. The number of nitrogens with two attached hydrogens (primary N) is 1. The molecular weight excluding hydrogens is 604 g/mol. The maximum atomic E-state index is 13.8. The molecule has 0 saturated heterocycles. The van der Waals surface area contributed by atoms with Crippen LogP contribution in [0.15, 0.2) is 170 Å². The fraction of sp³-hybridized carbons (Fsp3) is 0.159. The van der Waals surface area contributed by atoms with Crippen LogP contribution in [0.25, 0.3) is 0 Å². The molecule has 5 nitrogen and oxygen atoms in total. The van der Waals surface area contributed by atoms with Crippen molar-refractivity contribution in [1.29, 1.82) is 0 Å². The van der Waals surface area contributed by atoms with Crippen molar-refractivity contribution in [2.24, 2.45) is 5.73 Å². The van der Waals surface area contributed by atoms with Gasteiger partial charge < -0.3 is 20.5 Å². The molecule has 0 saturated carbocycles. The first kappa shape index (κ1) is 31.9. The molecule has 0 aromatic heterocycles. The molecule has 0 fully saturated rings. The van der Waals surface area contributed by atoms with Crippen molar-refractivity contribution in [3.05, 3.63) is 203 Å². The molecule has 0 spiro atoms. The van der Waals surface area contributed by atoms with Gasteiger partial charge in [-0.15, -0.1) is 0 Å². The summed E-state index contributed by atoms with van der Waals surface area (Å²) < 4.78 is 11.9. The topological polar surface area (TPSA) is 73.6 Å². The van der Waals surface area contributed by atoms with E-state index in [2.05, 4.69) is 41.7 Å². The molecule has 2 aliphatic heterocycles. The van der Waals surface area contributed by atoms with Crippen molar-refractivity contribution < 1.29 is 14.3 Å². The van der Waals surface area contributed by atoms with Crippen LogP contribution in [0.1, 0.15) is 63.2 Å². The van der Waals surface area contributed by atoms with Crippen LogP contribution >= 0.6 is 0 Å². The highest BCUT2D eigenvalue weighted by Crippen LogP contribution is 2.41. The fourth-order valence-corrected chi connectivity index (χ4v) is 6.94. The minimum absolute atomic E-state index is 0.00923. The number of amides is 1. The van der Waals surface area contributed by atoms with Gasteiger partial charge >= 0.3 is 0 Å². The maximum Gasteiger partial charge on any atom is 0.232 e. The van der Waals surface area contributed by atoms with Gasteiger partial charge in [-0.1, -0.05) is 158 Å². The van der Waals surface area contributed by atoms with E-state index in [4.69, 9.17) is 15.2 Å². The molecule has 0 bridgehead atoms. The Hall–Kier alpha value is -5.65. The lowest BCUT2D eigenvalue weighted by molar-refractivity contribution is -0.122. The number of nitrogens with one attached hydrogen (secondary N) is 1. The van der Waals surface area contributed by atoms with E-state index in [1.165, 1.54) is 5.56 Å². The van der Waals surface area contributed by atoms with Crippen molar-refractivity contribution in [2.45, 2.75) is 29.8 Å². The normalized spacial score (nSPS) is 19.1. The predicted molar refractivity (Wildman–Crippen MR) is 195 cm³/mol. The quantitative estimate of drug-likeness (QED) is 0.190. The van der Waals surface area contributed by atoms with Gasteiger partial charge in [0, 0.05) is 29.0 Å². The lowest BCUT2D eigenvalue weighted by Crippen LogP contribution is -2.40. The van der Waals surface area contributed by atoms with E-state index in [9.17, 15) is 4.79 Å². The van der Waals surface area contributed by atoms with Crippen molar-refractivity contribution in [3.63, 3.8) is 0 Å². The second kappa shape index (κ2) is 15.1. The molecule has 5 heteroatoms. The predicted octanol–water partition coefficient (Wildman–Crippen LogP) is 8.71. The number of carbonyl (C=O) groups excluding carboxylic acids is 1. The van der Waals surface area contributed by atoms with Gasteiger partial charge in [0.15, 0.2) is 0 Å². The van der Waals surface area contributed by atoms with Crippen LogP contribution in [0.4, 0.5) is 0 Å². The summed E-state index contributed by atoms with van der Waals surface area (Å²) >= 11 is 0. The Kier molecular flexibility index (Phi) is 9.81. The van der Waals surface area contributed by atoms with Crippen LogP contribution in [0.2, 0.25) is 0 Å². The SMILES string of the molecule is NC1c2ccccc2OCC1c1ccccc1.O=C(NC1c2ccccc2OCC1c1ccccc1)C(c1ccccc1)c1ccccc1. The van der Waals surface area contributed by atoms with E-state index in [0.717, 1.165) is 39.3 Å². The second-order valence-corrected chi connectivity index (χ2v) is 12.5. The van der Waals surface area contributed by atoms with Gasteiger partial charge in [0.2, 0.25) is 5.91 Å². The Morgan fingerprint density at radius 2 is 0.939 bits per heavy atom. The Bertz CT molecular complexity index is 1910. The molecule has 8 rings (SSSR count). The number of rotatable bonds is 6. The van der Waals surface area contributed by atoms with Crippen LogP contribution in [0, 0.1) is 0 Å². The van der Waals surface area contributed by atoms with Crippen LogP contribution in [-0.2, 0) is 4.79 Å². The number of ether oxygens (including phenoxy) is 2. The average molecular weight is 645 g/mol. The molecule has 49 heavy (non-hydrogen) atoms. The van der Waals surface area contributed by atoms with Crippen molar-refractivity contribution in [1.82, 2.24) is 5.32 Å². The van der Waals surface area contributed by atoms with Gasteiger partial charge in [-0.05, 0) is 34.4 Å². The molecule has 2 heterocycles. The van der Waals surface area contributed by atoms with Crippen LogP contribution in [0.3, 0.4) is 0 Å². The molecule has 4 unspecified atom stereocenters. The summed E-state index contributed by atoms with van der Waals surface area (Å²) in [5.74, 6) is 1.63. The van der Waals surface area contributed by atoms with E-state index in [-0.39, 0.29) is 35.7 Å². The summed E-state index contributed by atoms with van der Waals surface area (Å²) in [6.45, 7) is 1.18. The summed E-state index contributed by atoms with van der Waals surface area (Å²) in [5.41, 5.74) is 12.8. The first-order valence-corrected chi connectivity index (χ1v) is 16.9. The summed E-state index contributed by atoms with van der Waals surface area (Å²) in [4.78, 5) is 13.8. The van der Waals surface area contributed by atoms with E-state index in [1.54, 1.807) is 0 Å². The highest BCUT2D eigenvalue weighted by molar-refractivity contribution is 5.87. The number of hydrogen-bond donors (Lipinski definition) is 2. The molecule has 0 radical (unpaired) electrons. The van der Waals surface area contributed by atoms with Gasteiger partial charge in [-0.3, -0.25) is 4.79 Å². The lowest BCUT2D eigenvalue weighted by atomic mass is 9.84. The number of fused-ring (bicyclic) bond motifs is 2. The standard InChI is InChI=1S/C29H25NO2.C15H15NO/c31-29(27(22-14-6-2-7-15-22)23-16-8-3-9-17-23)30-28-24-18-10-11-19-26(24)32-20-25(28)21-12-4-1-5-13-21;16-15-12-8-4-5-9-14(12)17-10-13(15)11-6-2-1-3-7-11/h1-19,25,27-28H,20H2,(H,30,31);1-9,13,15H,10,16H2. The maximum absolute atomic E-state index is 13.8. The smallest absolute Gasteiger partial charge is 0.232 e. The Labute approximate surface area is 288 Å². The summed E-state index contributed by atoms with van der Waals surface area (Å²) in [5, 5.41) is 3.40. The van der Waals surface area contributed by atoms with E-state index in [0.29, 0.717) is 13.2 Å². The third-order valence-corrected chi connectivity index (χ3v) is 9.49. The average Bonchev–Trinajstić information content (AvgIpc) is 3.17. The first-order chi connectivity index (χ1) is 24.2. The molecule has 1 amide bonds. The summed E-state index contributed by atoms with van der Waals surface area (Å²) in [7, 11) is 0. The number of benzene rings is 6. The third kappa shape index (κ3) is 7.13. The minimum Gasteiger partial charge on any atom is -0.493 e. The van der Waals surface area contributed by atoms with Gasteiger partial charge in [0.05, 0.1) is 25.2 Å². The highest BCUT2D eigenvalue weighted by Gasteiger charge is 2.35. The van der Waals surface area contributed by atoms with Gasteiger partial charge in [-0.2, -0.15) is 0 Å². The molecule has 2 aliphatic rings. The Balaban J connectivity index is 0.000000186. The monoisotopic (exact) mass is 644 g/mol. The molecule has 244 valence electrons. The Morgan fingerprint density at radius 3 is 1.49 bits per heavy atom. The van der Waals surface area contributed by atoms with E-state index < -0.39 is 0 Å². The van der Waals surface area contributed by atoms with Crippen LogP contribution in [0.5, 0.6) is 11.5 Å². The van der Waals surface area contributed by atoms with Gasteiger partial charge in [-0.25, -0.2) is 0 Å². The van der Waals surface area contributed by atoms with E-state index >= 15 is 0 Å². The largest absolute Gasteiger partial charge is 0.493 e. The molecular formula is C44H40N2O3. The van der Waals surface area contributed by atoms with Crippen molar-refractivity contribution in [3.8, 4) is 11.5 Å². The van der Waals surface area contributed by atoms with Crippen LogP contribution in [-0.4, -0.2) is 19.1 Å². The number of carbonyl (C=O) groups is 1. The zero-order valence-corrected chi connectivity index (χ0v) is 27.3. The van der Waals surface area contributed by atoms with Crippen molar-refractivity contribution >= 4 is 5.91 Å². The highest BCUT2D eigenvalue weighted by atomic mass is 16.5. The molecule has 3 N–H and O–H groups in total. The summed E-state index contributed by atoms with van der Waals surface area (Å²) in [6, 6.07) is 56.4. The third-order valence-electron chi connectivity index (χ3n) is 9.49. The van der Waals surface area contributed by atoms with Crippen molar-refractivity contribution in [2.75, 3.05) is 13.2 Å². The molecule has 4 atom stereocenters. The molecule has 6 aromatic carbocycles. The van der Waals surface area contributed by atoms with E-state index in [1.807, 2.05) is 133 Å². The number of para-hydroxylation sites is 2. The zero-order valence-electron chi connectivity index (χ0n) is 27.3. The Morgan fingerprint density at radius 1 is 0.531 bits per heavy atom. The lowest BCUT2D eigenvalue weighted by Gasteiger charge is -2.35.